The Kier molecular flexibility index (Phi) is 10.4. The largest absolute Gasteiger partial charge is 0.396 e. The summed E-state index contributed by atoms with van der Waals surface area (Å²) in [6.07, 6.45) is 2.15. The van der Waals surface area contributed by atoms with E-state index in [9.17, 15) is 4.79 Å². The normalized spacial score (nSPS) is 12.4. The second-order valence-corrected chi connectivity index (χ2v) is 3.95. The van der Waals surface area contributed by atoms with Gasteiger partial charge in [0.15, 0.2) is 0 Å². The number of carbonyl (C=O) groups is 1. The lowest BCUT2D eigenvalue weighted by molar-refractivity contribution is -0.118. The predicted octanol–water partition coefficient (Wildman–Crippen LogP) is -0.332. The van der Waals surface area contributed by atoms with Crippen molar-refractivity contribution in [3.05, 3.63) is 0 Å². The van der Waals surface area contributed by atoms with Gasteiger partial charge >= 0.3 is 0 Å². The van der Waals surface area contributed by atoms with E-state index < -0.39 is 0 Å². The van der Waals surface area contributed by atoms with Crippen molar-refractivity contribution >= 4 is 5.91 Å². The summed E-state index contributed by atoms with van der Waals surface area (Å²) in [6, 6.07) is 0. The van der Waals surface area contributed by atoms with Gasteiger partial charge in [-0.1, -0.05) is 13.3 Å². The van der Waals surface area contributed by atoms with Gasteiger partial charge in [-0.3, -0.25) is 4.79 Å². The van der Waals surface area contributed by atoms with E-state index in [1.807, 2.05) is 0 Å². The molecule has 5 heteroatoms. The number of carbonyl (C=O) groups excluding carboxylic acids is 1. The average Bonchev–Trinajstić information content (AvgIpc) is 2.26. The third kappa shape index (κ3) is 9.89. The van der Waals surface area contributed by atoms with Gasteiger partial charge in [-0.2, -0.15) is 0 Å². The van der Waals surface area contributed by atoms with Crippen LogP contribution in [-0.2, 0) is 4.79 Å². The lowest BCUT2D eigenvalue weighted by Crippen LogP contribution is -2.37. The molecule has 0 fully saturated rings. The maximum atomic E-state index is 10.6. The Morgan fingerprint density at radius 3 is 2.62 bits per heavy atom. The highest BCUT2D eigenvalue weighted by molar-refractivity contribution is 5.72. The van der Waals surface area contributed by atoms with Crippen LogP contribution in [0, 0.1) is 5.92 Å². The number of nitrogens with one attached hydrogen (secondary N) is 3. The van der Waals surface area contributed by atoms with Crippen LogP contribution in [0.2, 0.25) is 0 Å². The first-order chi connectivity index (χ1) is 7.70. The van der Waals surface area contributed by atoms with E-state index in [2.05, 4.69) is 22.9 Å². The zero-order chi connectivity index (χ0) is 12.2. The van der Waals surface area contributed by atoms with E-state index in [0.29, 0.717) is 19.1 Å². The third-order valence-electron chi connectivity index (χ3n) is 2.31. The molecule has 0 aromatic heterocycles. The first-order valence-corrected chi connectivity index (χ1v) is 5.97. The molecule has 4 N–H and O–H groups in total. The van der Waals surface area contributed by atoms with E-state index in [1.54, 1.807) is 0 Å². The standard InChI is InChI=1S/C11H25N3O2/c1-3-4-11(8-15)7-13-9-12-5-6-14-10(2)16/h11-13,15H,3-9H2,1-2H3,(H,14,16). The Bertz CT molecular complexity index is 177. The van der Waals surface area contributed by atoms with Crippen molar-refractivity contribution in [3.63, 3.8) is 0 Å². The zero-order valence-corrected chi connectivity index (χ0v) is 10.4. The molecule has 0 aliphatic carbocycles. The molecule has 1 amide bonds. The highest BCUT2D eigenvalue weighted by Gasteiger charge is 2.04. The maximum absolute atomic E-state index is 10.6. The van der Waals surface area contributed by atoms with Gasteiger partial charge < -0.3 is 21.1 Å². The highest BCUT2D eigenvalue weighted by Crippen LogP contribution is 2.02. The van der Waals surface area contributed by atoms with Crippen LogP contribution in [0.3, 0.4) is 0 Å². The summed E-state index contributed by atoms with van der Waals surface area (Å²) in [5.41, 5.74) is 0. The minimum atomic E-state index is -0.00181. The Morgan fingerprint density at radius 2 is 2.06 bits per heavy atom. The summed E-state index contributed by atoms with van der Waals surface area (Å²) < 4.78 is 0. The van der Waals surface area contributed by atoms with E-state index in [1.165, 1.54) is 6.92 Å². The number of aliphatic hydroxyl groups is 1. The van der Waals surface area contributed by atoms with Gasteiger partial charge in [-0.15, -0.1) is 0 Å². The van der Waals surface area contributed by atoms with Crippen LogP contribution in [0.25, 0.3) is 0 Å². The molecule has 0 aromatic carbocycles. The van der Waals surface area contributed by atoms with Crippen LogP contribution in [0.15, 0.2) is 0 Å². The predicted molar refractivity (Wildman–Crippen MR) is 65.0 cm³/mol. The van der Waals surface area contributed by atoms with E-state index >= 15 is 0 Å². The van der Waals surface area contributed by atoms with Gasteiger partial charge in [0, 0.05) is 39.8 Å². The smallest absolute Gasteiger partial charge is 0.216 e. The molecular formula is C11H25N3O2. The highest BCUT2D eigenvalue weighted by atomic mass is 16.3. The molecule has 1 atom stereocenters. The van der Waals surface area contributed by atoms with Crippen LogP contribution in [0.1, 0.15) is 26.7 Å². The summed E-state index contributed by atoms with van der Waals surface area (Å²) in [5.74, 6) is 0.347. The topological polar surface area (TPSA) is 73.4 Å². The van der Waals surface area contributed by atoms with Crippen molar-refractivity contribution < 1.29 is 9.90 Å². The Morgan fingerprint density at radius 1 is 1.31 bits per heavy atom. The molecule has 0 aromatic rings. The molecule has 1 unspecified atom stereocenters. The van der Waals surface area contributed by atoms with Crippen LogP contribution in [0.5, 0.6) is 0 Å². The lowest BCUT2D eigenvalue weighted by Gasteiger charge is -2.14. The van der Waals surface area contributed by atoms with E-state index in [4.69, 9.17) is 5.11 Å². The molecule has 96 valence electrons. The van der Waals surface area contributed by atoms with Crippen LogP contribution in [-0.4, -0.2) is 43.9 Å². The quantitative estimate of drug-likeness (QED) is 0.307. The SMILES string of the molecule is CCCC(CO)CNCNCCNC(C)=O. The summed E-state index contributed by atoms with van der Waals surface area (Å²) >= 11 is 0. The van der Waals surface area contributed by atoms with Crippen molar-refractivity contribution in [2.75, 3.05) is 32.9 Å². The summed E-state index contributed by atoms with van der Waals surface area (Å²) in [7, 11) is 0. The maximum Gasteiger partial charge on any atom is 0.216 e. The van der Waals surface area contributed by atoms with Crippen LogP contribution < -0.4 is 16.0 Å². The second-order valence-electron chi connectivity index (χ2n) is 3.95. The lowest BCUT2D eigenvalue weighted by atomic mass is 10.1. The third-order valence-corrected chi connectivity index (χ3v) is 2.31. The van der Waals surface area contributed by atoms with Crippen molar-refractivity contribution in [1.82, 2.24) is 16.0 Å². The first kappa shape index (κ1) is 15.3. The minimum absolute atomic E-state index is 0.00181. The molecule has 0 aliphatic heterocycles. The summed E-state index contributed by atoms with van der Waals surface area (Å²) in [4.78, 5) is 10.6. The van der Waals surface area contributed by atoms with Gasteiger partial charge in [-0.25, -0.2) is 0 Å². The zero-order valence-electron chi connectivity index (χ0n) is 10.4. The molecular weight excluding hydrogens is 206 g/mol. The second kappa shape index (κ2) is 10.9. The molecule has 5 nitrogen and oxygen atoms in total. The molecule has 0 aliphatic rings. The number of hydrogen-bond acceptors (Lipinski definition) is 4. The minimum Gasteiger partial charge on any atom is -0.396 e. The monoisotopic (exact) mass is 231 g/mol. The van der Waals surface area contributed by atoms with Gasteiger partial charge in [0.05, 0.1) is 0 Å². The molecule has 0 saturated carbocycles. The van der Waals surface area contributed by atoms with Crippen LogP contribution >= 0.6 is 0 Å². The fraction of sp³-hybridized carbons (Fsp3) is 0.909. The van der Waals surface area contributed by atoms with E-state index in [0.717, 1.165) is 25.9 Å². The fourth-order valence-corrected chi connectivity index (χ4v) is 1.45. The molecule has 0 rings (SSSR count). The number of amides is 1. The number of hydrogen-bond donors (Lipinski definition) is 4. The van der Waals surface area contributed by atoms with Gasteiger partial charge in [0.25, 0.3) is 0 Å². The Labute approximate surface area is 98.0 Å². The fourth-order valence-electron chi connectivity index (χ4n) is 1.45. The first-order valence-electron chi connectivity index (χ1n) is 5.97. The van der Waals surface area contributed by atoms with Gasteiger partial charge in [0.2, 0.25) is 5.91 Å². The Hall–Kier alpha value is -0.650. The van der Waals surface area contributed by atoms with Crippen molar-refractivity contribution in [1.29, 1.82) is 0 Å². The Balaban J connectivity index is 3.22. The summed E-state index contributed by atoms with van der Waals surface area (Å²) in [5, 5.41) is 18.1. The van der Waals surface area contributed by atoms with Crippen molar-refractivity contribution in [2.24, 2.45) is 5.92 Å². The molecule has 0 spiro atoms. The van der Waals surface area contributed by atoms with Gasteiger partial charge in [0.1, 0.15) is 0 Å². The molecule has 0 heterocycles. The van der Waals surface area contributed by atoms with Crippen molar-refractivity contribution in [3.8, 4) is 0 Å². The van der Waals surface area contributed by atoms with Gasteiger partial charge in [-0.05, 0) is 12.3 Å². The molecule has 0 bridgehead atoms. The number of rotatable bonds is 10. The molecule has 0 radical (unpaired) electrons. The summed E-state index contributed by atoms with van der Waals surface area (Å²) in [6.45, 7) is 6.81. The molecule has 16 heavy (non-hydrogen) atoms. The van der Waals surface area contributed by atoms with Crippen molar-refractivity contribution in [2.45, 2.75) is 26.7 Å². The van der Waals surface area contributed by atoms with E-state index in [-0.39, 0.29) is 12.5 Å². The molecule has 0 saturated heterocycles. The van der Waals surface area contributed by atoms with Crippen LogP contribution in [0.4, 0.5) is 0 Å². The average molecular weight is 231 g/mol. The number of aliphatic hydroxyl groups excluding tert-OH is 1.